The first kappa shape index (κ1) is 15.0. The average Bonchev–Trinajstić information content (AvgIpc) is 2.94. The normalized spacial score (nSPS) is 11.1. The van der Waals surface area contributed by atoms with Crippen molar-refractivity contribution in [2.45, 2.75) is 6.61 Å². The summed E-state index contributed by atoms with van der Waals surface area (Å²) in [6.45, 7) is 0.0134. The molecule has 0 saturated carbocycles. The second-order valence-corrected chi connectivity index (χ2v) is 4.78. The van der Waals surface area contributed by atoms with Gasteiger partial charge in [-0.05, 0) is 17.7 Å². The Morgan fingerprint density at radius 3 is 2.74 bits per heavy atom. The Bertz CT molecular complexity index is 908. The number of carbonyl (C=O) groups is 1. The van der Waals surface area contributed by atoms with Gasteiger partial charge in [0.1, 0.15) is 5.56 Å². The molecule has 2 aromatic heterocycles. The minimum Gasteiger partial charge on any atom is -0.478 e. The molecule has 8 heteroatoms. The van der Waals surface area contributed by atoms with Gasteiger partial charge in [0.05, 0.1) is 18.5 Å². The average molecular weight is 319 g/mol. The molecule has 1 aromatic carbocycles. The lowest BCUT2D eigenvalue weighted by Gasteiger charge is -2.08. The molecule has 6 nitrogen and oxygen atoms in total. The van der Waals surface area contributed by atoms with Crippen molar-refractivity contribution in [3.8, 4) is 11.1 Å². The molecule has 0 amide bonds. The van der Waals surface area contributed by atoms with Crippen LogP contribution < -0.4 is 0 Å². The summed E-state index contributed by atoms with van der Waals surface area (Å²) in [6, 6.07) is 3.45. The number of nitrogens with zero attached hydrogens (tertiary/aromatic N) is 3. The van der Waals surface area contributed by atoms with Crippen LogP contribution in [0.1, 0.15) is 16.1 Å². The molecule has 0 aliphatic carbocycles. The Kier molecular flexibility index (Phi) is 3.75. The number of hydrogen-bond donors (Lipinski definition) is 1. The van der Waals surface area contributed by atoms with Crippen molar-refractivity contribution in [1.82, 2.24) is 14.6 Å². The van der Waals surface area contributed by atoms with Gasteiger partial charge in [-0.1, -0.05) is 6.07 Å². The molecular formula is C15H11F2N3O3. The molecule has 0 aliphatic rings. The number of aromatic carboxylic acids is 1. The fraction of sp³-hybridized carbons (Fsp3) is 0.133. The lowest BCUT2D eigenvalue weighted by molar-refractivity contribution is 0.0689. The van der Waals surface area contributed by atoms with E-state index in [1.807, 2.05) is 0 Å². The maximum absolute atomic E-state index is 13.4. The predicted molar refractivity (Wildman–Crippen MR) is 76.0 cm³/mol. The van der Waals surface area contributed by atoms with Crippen molar-refractivity contribution in [1.29, 1.82) is 0 Å². The van der Waals surface area contributed by atoms with Crippen molar-refractivity contribution in [2.75, 3.05) is 7.11 Å². The van der Waals surface area contributed by atoms with Crippen LogP contribution in [0.5, 0.6) is 0 Å². The van der Waals surface area contributed by atoms with Crippen LogP contribution in [-0.4, -0.2) is 32.8 Å². The molecule has 0 unspecified atom stereocenters. The van der Waals surface area contributed by atoms with Crippen LogP contribution in [0, 0.1) is 11.6 Å². The Balaban J connectivity index is 2.23. The topological polar surface area (TPSA) is 76.7 Å². The van der Waals surface area contributed by atoms with Crippen LogP contribution in [0.15, 0.2) is 30.6 Å². The largest absolute Gasteiger partial charge is 0.478 e. The van der Waals surface area contributed by atoms with Gasteiger partial charge in [0.25, 0.3) is 0 Å². The third-order valence-electron chi connectivity index (χ3n) is 3.37. The van der Waals surface area contributed by atoms with Crippen molar-refractivity contribution in [3.63, 3.8) is 0 Å². The molecule has 23 heavy (non-hydrogen) atoms. The zero-order valence-electron chi connectivity index (χ0n) is 12.0. The molecule has 118 valence electrons. The SMILES string of the molecule is COCc1c(C(=O)O)cnc2c(-c3ccc(F)c(F)c3)cnn12. The number of carboxylic acids is 1. The Morgan fingerprint density at radius 1 is 1.30 bits per heavy atom. The first-order valence-electron chi connectivity index (χ1n) is 6.56. The van der Waals surface area contributed by atoms with Gasteiger partial charge >= 0.3 is 5.97 Å². The smallest absolute Gasteiger partial charge is 0.339 e. The molecule has 1 N–H and O–H groups in total. The minimum absolute atomic E-state index is 0.0134. The minimum atomic E-state index is -1.16. The fourth-order valence-electron chi connectivity index (χ4n) is 2.30. The molecule has 0 spiro atoms. The lowest BCUT2D eigenvalue weighted by atomic mass is 10.1. The van der Waals surface area contributed by atoms with Crippen LogP contribution in [0.25, 0.3) is 16.8 Å². The summed E-state index contributed by atoms with van der Waals surface area (Å²) < 4.78 is 32.8. The van der Waals surface area contributed by atoms with E-state index in [4.69, 9.17) is 4.74 Å². The van der Waals surface area contributed by atoms with E-state index in [1.54, 1.807) is 0 Å². The number of methoxy groups -OCH3 is 1. The molecule has 3 aromatic rings. The van der Waals surface area contributed by atoms with Crippen molar-refractivity contribution >= 4 is 11.6 Å². The zero-order chi connectivity index (χ0) is 16.6. The van der Waals surface area contributed by atoms with Crippen LogP contribution in [0.3, 0.4) is 0 Å². The van der Waals surface area contributed by atoms with Gasteiger partial charge in [0.2, 0.25) is 0 Å². The molecular weight excluding hydrogens is 308 g/mol. The van der Waals surface area contributed by atoms with Gasteiger partial charge in [-0.2, -0.15) is 5.10 Å². The van der Waals surface area contributed by atoms with Crippen molar-refractivity contribution in [2.24, 2.45) is 0 Å². The summed E-state index contributed by atoms with van der Waals surface area (Å²) in [6.07, 6.45) is 2.61. The molecule has 2 heterocycles. The summed E-state index contributed by atoms with van der Waals surface area (Å²) in [5.74, 6) is -3.09. The van der Waals surface area contributed by atoms with Crippen molar-refractivity contribution < 1.29 is 23.4 Å². The van der Waals surface area contributed by atoms with E-state index < -0.39 is 17.6 Å². The van der Waals surface area contributed by atoms with Crippen molar-refractivity contribution in [3.05, 3.63) is 53.5 Å². The first-order chi connectivity index (χ1) is 11.0. The maximum atomic E-state index is 13.4. The summed E-state index contributed by atoms with van der Waals surface area (Å²) >= 11 is 0. The Hall–Kier alpha value is -2.87. The highest BCUT2D eigenvalue weighted by molar-refractivity contribution is 5.89. The van der Waals surface area contributed by atoms with Gasteiger partial charge < -0.3 is 9.84 Å². The number of fused-ring (bicyclic) bond motifs is 1. The van der Waals surface area contributed by atoms with Crippen LogP contribution in [0.2, 0.25) is 0 Å². The molecule has 0 bridgehead atoms. The van der Waals surface area contributed by atoms with E-state index in [0.29, 0.717) is 22.5 Å². The molecule has 0 saturated heterocycles. The first-order valence-corrected chi connectivity index (χ1v) is 6.56. The highest BCUT2D eigenvalue weighted by atomic mass is 19.2. The van der Waals surface area contributed by atoms with E-state index in [1.165, 1.54) is 30.1 Å². The number of ether oxygens (including phenoxy) is 1. The fourth-order valence-corrected chi connectivity index (χ4v) is 2.30. The Labute approximate surface area is 129 Å². The second kappa shape index (κ2) is 5.73. The third-order valence-corrected chi connectivity index (χ3v) is 3.37. The highest BCUT2D eigenvalue weighted by Crippen LogP contribution is 2.26. The van der Waals surface area contributed by atoms with Gasteiger partial charge in [-0.3, -0.25) is 0 Å². The molecule has 0 fully saturated rings. The maximum Gasteiger partial charge on any atom is 0.339 e. The lowest BCUT2D eigenvalue weighted by Crippen LogP contribution is -2.11. The zero-order valence-corrected chi connectivity index (χ0v) is 12.0. The number of rotatable bonds is 4. The molecule has 3 rings (SSSR count). The van der Waals surface area contributed by atoms with E-state index in [-0.39, 0.29) is 12.2 Å². The second-order valence-electron chi connectivity index (χ2n) is 4.78. The van der Waals surface area contributed by atoms with Crippen LogP contribution >= 0.6 is 0 Å². The van der Waals surface area contributed by atoms with Crippen LogP contribution in [-0.2, 0) is 11.3 Å². The number of hydrogen-bond acceptors (Lipinski definition) is 4. The number of aromatic nitrogens is 3. The quantitative estimate of drug-likeness (QED) is 0.799. The van der Waals surface area contributed by atoms with Gasteiger partial charge in [0, 0.05) is 18.9 Å². The number of halogens is 2. The highest BCUT2D eigenvalue weighted by Gasteiger charge is 2.18. The number of benzene rings is 1. The van der Waals surface area contributed by atoms with E-state index in [0.717, 1.165) is 12.1 Å². The monoisotopic (exact) mass is 319 g/mol. The Morgan fingerprint density at radius 2 is 2.09 bits per heavy atom. The summed E-state index contributed by atoms with van der Waals surface area (Å²) in [4.78, 5) is 15.4. The third kappa shape index (κ3) is 2.53. The standard InChI is InChI=1S/C15H11F2N3O3/c1-23-7-13-10(15(21)22)5-18-14-9(6-19-20(13)14)8-2-3-11(16)12(17)4-8/h2-6H,7H2,1H3,(H,21,22). The van der Waals surface area contributed by atoms with Gasteiger partial charge in [0.15, 0.2) is 17.3 Å². The van der Waals surface area contributed by atoms with E-state index >= 15 is 0 Å². The van der Waals surface area contributed by atoms with E-state index in [2.05, 4.69) is 10.1 Å². The summed E-state index contributed by atoms with van der Waals surface area (Å²) in [5.41, 5.74) is 1.43. The number of carboxylic acid groups (broad SMARTS) is 1. The van der Waals surface area contributed by atoms with Gasteiger partial charge in [-0.15, -0.1) is 0 Å². The predicted octanol–water partition coefficient (Wildman–Crippen LogP) is 2.52. The molecule has 0 radical (unpaired) electrons. The summed E-state index contributed by atoms with van der Waals surface area (Å²) in [7, 11) is 1.43. The van der Waals surface area contributed by atoms with Crippen LogP contribution in [0.4, 0.5) is 8.78 Å². The molecule has 0 atom stereocenters. The van der Waals surface area contributed by atoms with Gasteiger partial charge in [-0.25, -0.2) is 23.1 Å². The van der Waals surface area contributed by atoms with E-state index in [9.17, 15) is 18.7 Å². The summed E-state index contributed by atoms with van der Waals surface area (Å²) in [5, 5.41) is 13.3. The molecule has 0 aliphatic heterocycles.